The van der Waals surface area contributed by atoms with E-state index < -0.39 is 62.0 Å². The third-order valence-electron chi connectivity index (χ3n) is 8.28. The van der Waals surface area contributed by atoms with Crippen LogP contribution in [0.1, 0.15) is 44.9 Å². The van der Waals surface area contributed by atoms with Crippen molar-refractivity contribution in [1.82, 2.24) is 24.6 Å². The molecule has 0 saturated carbocycles. The Balaban J connectivity index is 1.43. The van der Waals surface area contributed by atoms with Crippen LogP contribution in [-0.2, 0) is 29.8 Å². The van der Waals surface area contributed by atoms with Crippen LogP contribution < -0.4 is 15.3 Å². The molecule has 0 bridgehead atoms. The molecule has 1 aliphatic heterocycles. The fraction of sp³-hybridized carbons (Fsp3) is 0.394. The van der Waals surface area contributed by atoms with Crippen molar-refractivity contribution < 1.29 is 46.2 Å². The maximum Gasteiger partial charge on any atom is 0.459 e. The summed E-state index contributed by atoms with van der Waals surface area (Å²) in [7, 11) is -4.67. The molecule has 0 spiro atoms. The Bertz CT molecular complexity index is 1890. The zero-order chi connectivity index (χ0) is 36.1. The number of aromatic nitrogens is 4. The van der Waals surface area contributed by atoms with Crippen molar-refractivity contribution in [2.45, 2.75) is 63.5 Å². The van der Waals surface area contributed by atoms with E-state index in [1.54, 1.807) is 18.2 Å². The SMILES string of the molecule is C#C[C@]1(CO[P@@](=O)(N[C@@H](Cc2cc(F)cc(F)c2)C(=O)OCC(CC)CC)Oc2ccccc2)O[C@@H](n2cnc3c(N)nc(F)nc32)C[C@@H]1O. The third kappa shape index (κ3) is 8.43. The smallest absolute Gasteiger partial charge is 0.459 e. The van der Waals surface area contributed by atoms with E-state index in [4.69, 9.17) is 30.7 Å². The summed E-state index contributed by atoms with van der Waals surface area (Å²) >= 11 is 0. The number of nitrogens with one attached hydrogen (secondary N) is 1. The number of esters is 1. The highest BCUT2D eigenvalue weighted by Gasteiger charge is 2.50. The van der Waals surface area contributed by atoms with E-state index in [-0.39, 0.29) is 53.7 Å². The molecule has 1 fully saturated rings. The number of nitrogens with zero attached hydrogens (tertiary/aromatic N) is 4. The first-order chi connectivity index (χ1) is 23.9. The Morgan fingerprint density at radius 2 is 1.90 bits per heavy atom. The minimum absolute atomic E-state index is 0.0239. The second kappa shape index (κ2) is 15.6. The molecule has 2 aromatic heterocycles. The Morgan fingerprint density at radius 3 is 2.56 bits per heavy atom. The zero-order valence-electron chi connectivity index (χ0n) is 27.2. The monoisotopic (exact) mass is 716 g/mol. The van der Waals surface area contributed by atoms with Gasteiger partial charge in [0.05, 0.1) is 12.9 Å². The Labute approximate surface area is 285 Å². The van der Waals surface area contributed by atoms with Gasteiger partial charge in [0.25, 0.3) is 0 Å². The molecule has 0 amide bonds. The van der Waals surface area contributed by atoms with Gasteiger partial charge in [0.15, 0.2) is 22.6 Å². The average molecular weight is 717 g/mol. The first-order valence-electron chi connectivity index (χ1n) is 15.7. The van der Waals surface area contributed by atoms with Crippen LogP contribution in [0.25, 0.3) is 11.2 Å². The van der Waals surface area contributed by atoms with Crippen LogP contribution >= 0.6 is 7.75 Å². The van der Waals surface area contributed by atoms with E-state index in [0.29, 0.717) is 6.07 Å². The largest absolute Gasteiger partial charge is 0.464 e. The standard InChI is InChI=1S/C33H36F3N6O7P/c1-4-20(5-2)17-46-31(44)25(14-21-12-22(34)15-23(35)13-21)41-50(45,49-24-10-8-7-9-11-24)47-18-33(6-3)26(43)16-27(48-33)42-19-38-28-29(37)39-32(36)40-30(28)42/h3,7-13,15,19-20,25-27,43H,4-5,14,16-18H2,1-2H3,(H,41,45)(H2,37,39,40)/t25-,26-,27+,33+,50-/m0/s1. The first kappa shape index (κ1) is 36.8. The number of nitrogens with two attached hydrogens (primary N) is 1. The average Bonchev–Trinajstić information content (AvgIpc) is 3.65. The summed E-state index contributed by atoms with van der Waals surface area (Å²) in [5.74, 6) is -0.409. The number of imidazole rings is 1. The lowest BCUT2D eigenvalue weighted by Crippen LogP contribution is -2.44. The quantitative estimate of drug-likeness (QED) is 0.0661. The van der Waals surface area contributed by atoms with Gasteiger partial charge in [0, 0.05) is 12.5 Å². The number of rotatable bonds is 15. The molecule has 13 nitrogen and oxygen atoms in total. The summed E-state index contributed by atoms with van der Waals surface area (Å²) < 4.78 is 81.4. The van der Waals surface area contributed by atoms with Crippen LogP contribution in [0.15, 0.2) is 54.9 Å². The number of benzene rings is 2. The molecular formula is C33H36F3N6O7P. The van der Waals surface area contributed by atoms with E-state index >= 15 is 0 Å². The van der Waals surface area contributed by atoms with Gasteiger partial charge in [-0.05, 0) is 42.2 Å². The number of carbonyl (C=O) groups is 1. The van der Waals surface area contributed by atoms with E-state index in [9.17, 15) is 27.6 Å². The van der Waals surface area contributed by atoms with Crippen molar-refractivity contribution in [2.24, 2.45) is 5.92 Å². The van der Waals surface area contributed by atoms with E-state index in [1.807, 2.05) is 13.8 Å². The van der Waals surface area contributed by atoms with Crippen LogP contribution in [0.3, 0.4) is 0 Å². The fourth-order valence-electron chi connectivity index (χ4n) is 5.40. The molecule has 5 atom stereocenters. The second-order valence-corrected chi connectivity index (χ2v) is 13.4. The molecule has 3 heterocycles. The molecule has 5 rings (SSSR count). The van der Waals surface area contributed by atoms with E-state index in [0.717, 1.165) is 25.0 Å². The number of hydrogen-bond acceptors (Lipinski definition) is 11. The number of anilines is 1. The number of aliphatic hydroxyl groups excluding tert-OH is 1. The normalized spacial score (nSPS) is 20.8. The molecule has 1 aliphatic rings. The lowest BCUT2D eigenvalue weighted by molar-refractivity contribution is -0.147. The van der Waals surface area contributed by atoms with Crippen LogP contribution in [-0.4, -0.2) is 61.6 Å². The van der Waals surface area contributed by atoms with E-state index in [2.05, 4.69) is 26.0 Å². The van der Waals surface area contributed by atoms with E-state index in [1.165, 1.54) is 23.0 Å². The molecular weight excluding hydrogens is 680 g/mol. The molecule has 0 aliphatic carbocycles. The lowest BCUT2D eigenvalue weighted by atomic mass is 9.99. The molecule has 2 aromatic carbocycles. The van der Waals surface area contributed by atoms with Gasteiger partial charge in [-0.25, -0.2) is 18.3 Å². The molecule has 4 N–H and O–H groups in total. The number of carbonyl (C=O) groups excluding carboxylic acids is 1. The number of nitrogen functional groups attached to an aromatic ring is 1. The van der Waals surface area contributed by atoms with Crippen LogP contribution in [0, 0.1) is 36.0 Å². The van der Waals surface area contributed by atoms with Gasteiger partial charge in [0.2, 0.25) is 0 Å². The van der Waals surface area contributed by atoms with Gasteiger partial charge in [-0.1, -0.05) is 50.8 Å². The summed E-state index contributed by atoms with van der Waals surface area (Å²) in [6, 6.07) is 9.06. The van der Waals surface area contributed by atoms with Gasteiger partial charge in [-0.3, -0.25) is 13.9 Å². The molecule has 17 heteroatoms. The number of para-hydroxylation sites is 1. The predicted molar refractivity (Wildman–Crippen MR) is 175 cm³/mol. The Morgan fingerprint density at radius 1 is 1.20 bits per heavy atom. The number of fused-ring (bicyclic) bond motifs is 1. The summed E-state index contributed by atoms with van der Waals surface area (Å²) in [5.41, 5.74) is 3.94. The molecule has 50 heavy (non-hydrogen) atoms. The molecule has 266 valence electrons. The van der Waals surface area contributed by atoms with Gasteiger partial charge < -0.3 is 24.8 Å². The fourth-order valence-corrected chi connectivity index (χ4v) is 6.92. The molecule has 0 unspecified atom stereocenters. The van der Waals surface area contributed by atoms with Gasteiger partial charge in [-0.15, -0.1) is 6.42 Å². The molecule has 0 radical (unpaired) electrons. The highest BCUT2D eigenvalue weighted by molar-refractivity contribution is 7.52. The topological polar surface area (TPSA) is 173 Å². The van der Waals surface area contributed by atoms with Gasteiger partial charge in [0.1, 0.15) is 42.4 Å². The predicted octanol–water partition coefficient (Wildman–Crippen LogP) is 4.86. The summed E-state index contributed by atoms with van der Waals surface area (Å²) in [6.07, 6.45) is 4.43. The third-order valence-corrected chi connectivity index (χ3v) is 9.83. The van der Waals surface area contributed by atoms with Gasteiger partial charge in [-0.2, -0.15) is 19.4 Å². The van der Waals surface area contributed by atoms with Crippen LogP contribution in [0.2, 0.25) is 0 Å². The van der Waals surface area contributed by atoms with Crippen LogP contribution in [0.4, 0.5) is 19.0 Å². The van der Waals surface area contributed by atoms with Crippen molar-refractivity contribution in [3.05, 3.63) is 78.1 Å². The number of hydrogen-bond donors (Lipinski definition) is 3. The van der Waals surface area contributed by atoms with Crippen LogP contribution in [0.5, 0.6) is 5.75 Å². The first-order valence-corrected chi connectivity index (χ1v) is 17.3. The summed E-state index contributed by atoms with van der Waals surface area (Å²) in [5, 5.41) is 13.7. The van der Waals surface area contributed by atoms with Gasteiger partial charge >= 0.3 is 19.8 Å². The van der Waals surface area contributed by atoms with Crippen molar-refractivity contribution in [3.63, 3.8) is 0 Å². The van der Waals surface area contributed by atoms with Crippen molar-refractivity contribution >= 4 is 30.7 Å². The Kier molecular flexibility index (Phi) is 11.4. The van der Waals surface area contributed by atoms with Crippen molar-refractivity contribution in [1.29, 1.82) is 0 Å². The molecule has 1 saturated heterocycles. The Hall–Kier alpha value is -4.52. The second-order valence-electron chi connectivity index (χ2n) is 11.7. The zero-order valence-corrected chi connectivity index (χ0v) is 28.1. The maximum atomic E-state index is 14.5. The molecule has 4 aromatic rings. The number of aliphatic hydroxyl groups is 1. The van der Waals surface area contributed by atoms with Crippen molar-refractivity contribution in [3.8, 4) is 18.1 Å². The number of halogens is 3. The highest BCUT2D eigenvalue weighted by Crippen LogP contribution is 2.48. The highest BCUT2D eigenvalue weighted by atomic mass is 31.2. The summed E-state index contributed by atoms with van der Waals surface area (Å²) in [6.45, 7) is 3.16. The minimum Gasteiger partial charge on any atom is -0.464 e. The van der Waals surface area contributed by atoms with Crippen molar-refractivity contribution in [2.75, 3.05) is 18.9 Å². The lowest BCUT2D eigenvalue weighted by Gasteiger charge is -2.30. The number of terminal acetylenes is 1. The minimum atomic E-state index is -4.67. The summed E-state index contributed by atoms with van der Waals surface area (Å²) in [4.78, 5) is 24.8. The number of ether oxygens (including phenoxy) is 2. The maximum absolute atomic E-state index is 14.5.